The Kier molecular flexibility index (Phi) is 3.31. The zero-order chi connectivity index (χ0) is 13.3. The minimum absolute atomic E-state index is 0.0826. The predicted octanol–water partition coefficient (Wildman–Crippen LogP) is -1.24. The lowest BCUT2D eigenvalue weighted by Crippen LogP contribution is -2.31. The molecular formula is C10H12BN3O4. The molecule has 0 aliphatic carbocycles. The second-order valence-corrected chi connectivity index (χ2v) is 3.69. The number of nitrogens with zero attached hydrogens (tertiary/aromatic N) is 3. The van der Waals surface area contributed by atoms with Crippen molar-refractivity contribution < 1.29 is 19.6 Å². The SMILES string of the molecule is CCc1cc(C(=O)OC)nc2cc(B(O)O)nn12. The number of hydrogen-bond donors (Lipinski definition) is 2. The monoisotopic (exact) mass is 249 g/mol. The van der Waals surface area contributed by atoms with Gasteiger partial charge in [-0.05, 0) is 12.5 Å². The van der Waals surface area contributed by atoms with Crippen molar-refractivity contribution in [3.8, 4) is 0 Å². The standard InChI is InChI=1S/C10H12BN3O4/c1-3-6-4-7(10(15)18-2)12-9-5-8(11(16)17)13-14(6)9/h4-5,16-17H,3H2,1-2H3. The minimum Gasteiger partial charge on any atom is -0.464 e. The second-order valence-electron chi connectivity index (χ2n) is 3.69. The van der Waals surface area contributed by atoms with Crippen LogP contribution < -0.4 is 5.59 Å². The maximum absolute atomic E-state index is 11.5. The number of fused-ring (bicyclic) bond motifs is 1. The number of esters is 1. The van der Waals surface area contributed by atoms with Gasteiger partial charge in [0.2, 0.25) is 0 Å². The fourth-order valence-electron chi connectivity index (χ4n) is 1.64. The molecular weight excluding hydrogens is 237 g/mol. The number of carbonyl (C=O) groups excluding carboxylic acids is 1. The van der Waals surface area contributed by atoms with Crippen molar-refractivity contribution in [3.63, 3.8) is 0 Å². The van der Waals surface area contributed by atoms with Gasteiger partial charge in [-0.2, -0.15) is 5.10 Å². The number of rotatable bonds is 3. The van der Waals surface area contributed by atoms with E-state index in [-0.39, 0.29) is 11.3 Å². The van der Waals surface area contributed by atoms with Crippen LogP contribution in [-0.4, -0.2) is 44.8 Å². The lowest BCUT2D eigenvalue weighted by molar-refractivity contribution is 0.0594. The van der Waals surface area contributed by atoms with E-state index >= 15 is 0 Å². The molecule has 0 amide bonds. The molecule has 2 rings (SSSR count). The van der Waals surface area contributed by atoms with Gasteiger partial charge in [0.1, 0.15) is 0 Å². The smallest absolute Gasteiger partial charge is 0.464 e. The van der Waals surface area contributed by atoms with E-state index in [9.17, 15) is 4.79 Å². The third-order valence-electron chi connectivity index (χ3n) is 2.54. The molecule has 0 unspecified atom stereocenters. The van der Waals surface area contributed by atoms with Crippen LogP contribution in [0.5, 0.6) is 0 Å². The summed E-state index contributed by atoms with van der Waals surface area (Å²) in [4.78, 5) is 15.5. The molecule has 0 spiro atoms. The summed E-state index contributed by atoms with van der Waals surface area (Å²) in [6.07, 6.45) is 0.617. The quantitative estimate of drug-likeness (QED) is 0.521. The Bertz CT molecular complexity index is 596. The average Bonchev–Trinajstić information content (AvgIpc) is 2.80. The largest absolute Gasteiger partial charge is 0.510 e. The molecule has 8 heteroatoms. The molecule has 18 heavy (non-hydrogen) atoms. The van der Waals surface area contributed by atoms with Crippen LogP contribution >= 0.6 is 0 Å². The Hall–Kier alpha value is -1.93. The number of aryl methyl sites for hydroxylation is 1. The Morgan fingerprint density at radius 3 is 2.78 bits per heavy atom. The van der Waals surface area contributed by atoms with Gasteiger partial charge in [-0.15, -0.1) is 0 Å². The van der Waals surface area contributed by atoms with Crippen LogP contribution in [0.4, 0.5) is 0 Å². The van der Waals surface area contributed by atoms with Crippen LogP contribution in [0.15, 0.2) is 12.1 Å². The average molecular weight is 249 g/mol. The summed E-state index contributed by atoms with van der Waals surface area (Å²) in [6.45, 7) is 1.90. The molecule has 0 bridgehead atoms. The van der Waals surface area contributed by atoms with Crippen LogP contribution in [0.3, 0.4) is 0 Å². The zero-order valence-corrected chi connectivity index (χ0v) is 9.99. The van der Waals surface area contributed by atoms with Gasteiger partial charge in [0, 0.05) is 11.8 Å². The van der Waals surface area contributed by atoms with Crippen molar-refractivity contribution in [2.75, 3.05) is 7.11 Å². The highest BCUT2D eigenvalue weighted by molar-refractivity contribution is 6.57. The van der Waals surface area contributed by atoms with Gasteiger partial charge in [-0.25, -0.2) is 14.3 Å². The fourth-order valence-corrected chi connectivity index (χ4v) is 1.64. The van der Waals surface area contributed by atoms with Gasteiger partial charge in [0.05, 0.1) is 12.7 Å². The highest BCUT2D eigenvalue weighted by atomic mass is 16.5. The van der Waals surface area contributed by atoms with E-state index in [0.29, 0.717) is 12.1 Å². The Morgan fingerprint density at radius 2 is 2.22 bits per heavy atom. The van der Waals surface area contributed by atoms with E-state index in [2.05, 4.69) is 14.8 Å². The first-order chi connectivity index (χ1) is 8.56. The lowest BCUT2D eigenvalue weighted by atomic mass is 9.87. The zero-order valence-electron chi connectivity index (χ0n) is 9.99. The summed E-state index contributed by atoms with van der Waals surface area (Å²) in [7, 11) is -0.392. The third kappa shape index (κ3) is 2.07. The van der Waals surface area contributed by atoms with E-state index < -0.39 is 13.1 Å². The van der Waals surface area contributed by atoms with Gasteiger partial charge in [0.15, 0.2) is 11.3 Å². The fraction of sp³-hybridized carbons (Fsp3) is 0.300. The molecule has 2 aromatic heterocycles. The Balaban J connectivity index is 2.64. The summed E-state index contributed by atoms with van der Waals surface area (Å²) in [6, 6.07) is 2.98. The van der Waals surface area contributed by atoms with Gasteiger partial charge < -0.3 is 14.8 Å². The number of ether oxygens (including phenoxy) is 1. The van der Waals surface area contributed by atoms with Crippen LogP contribution in [0.2, 0.25) is 0 Å². The van der Waals surface area contributed by atoms with Crippen LogP contribution in [0, 0.1) is 0 Å². The number of aromatic nitrogens is 3. The first kappa shape index (κ1) is 12.5. The normalized spacial score (nSPS) is 10.7. The van der Waals surface area contributed by atoms with Gasteiger partial charge in [-0.3, -0.25) is 0 Å². The van der Waals surface area contributed by atoms with E-state index in [0.717, 1.165) is 5.69 Å². The summed E-state index contributed by atoms with van der Waals surface area (Å²) in [5.74, 6) is -0.542. The van der Waals surface area contributed by atoms with Crippen molar-refractivity contribution in [2.45, 2.75) is 13.3 Å². The van der Waals surface area contributed by atoms with E-state index in [1.807, 2.05) is 6.92 Å². The second kappa shape index (κ2) is 4.75. The summed E-state index contributed by atoms with van der Waals surface area (Å²) in [5.41, 5.74) is 1.35. The molecule has 0 fully saturated rings. The molecule has 0 radical (unpaired) electrons. The Labute approximate surface area is 103 Å². The number of carbonyl (C=O) groups is 1. The van der Waals surface area contributed by atoms with Gasteiger partial charge >= 0.3 is 13.1 Å². The maximum atomic E-state index is 11.5. The maximum Gasteiger partial charge on any atom is 0.510 e. The highest BCUT2D eigenvalue weighted by Crippen LogP contribution is 2.08. The third-order valence-corrected chi connectivity index (χ3v) is 2.54. The molecule has 0 aliphatic rings. The number of methoxy groups -OCH3 is 1. The van der Waals surface area contributed by atoms with Crippen LogP contribution in [-0.2, 0) is 11.2 Å². The summed E-state index contributed by atoms with van der Waals surface area (Å²) < 4.78 is 6.08. The van der Waals surface area contributed by atoms with E-state index in [1.165, 1.54) is 17.7 Å². The van der Waals surface area contributed by atoms with Crippen molar-refractivity contribution in [2.24, 2.45) is 0 Å². The Morgan fingerprint density at radius 1 is 1.50 bits per heavy atom. The minimum atomic E-state index is -1.67. The molecule has 0 saturated carbocycles. The predicted molar refractivity (Wildman–Crippen MR) is 63.5 cm³/mol. The van der Waals surface area contributed by atoms with Gasteiger partial charge in [0.25, 0.3) is 0 Å². The van der Waals surface area contributed by atoms with Crippen LogP contribution in [0.1, 0.15) is 23.1 Å². The molecule has 0 aromatic carbocycles. The van der Waals surface area contributed by atoms with Gasteiger partial charge in [-0.1, -0.05) is 6.92 Å². The molecule has 0 saturated heterocycles. The molecule has 94 valence electrons. The van der Waals surface area contributed by atoms with E-state index in [1.54, 1.807) is 6.07 Å². The molecule has 2 aromatic rings. The molecule has 0 aliphatic heterocycles. The molecule has 2 heterocycles. The summed E-state index contributed by atoms with van der Waals surface area (Å²) >= 11 is 0. The van der Waals surface area contributed by atoms with Crippen molar-refractivity contribution in [3.05, 3.63) is 23.5 Å². The first-order valence-corrected chi connectivity index (χ1v) is 5.40. The van der Waals surface area contributed by atoms with Crippen LogP contribution in [0.25, 0.3) is 5.65 Å². The van der Waals surface area contributed by atoms with E-state index in [4.69, 9.17) is 10.0 Å². The number of hydrogen-bond acceptors (Lipinski definition) is 6. The molecule has 0 atom stereocenters. The highest BCUT2D eigenvalue weighted by Gasteiger charge is 2.19. The lowest BCUT2D eigenvalue weighted by Gasteiger charge is -2.04. The van der Waals surface area contributed by atoms with Crippen molar-refractivity contribution in [1.82, 2.24) is 14.6 Å². The first-order valence-electron chi connectivity index (χ1n) is 5.40. The molecule has 7 nitrogen and oxygen atoms in total. The van der Waals surface area contributed by atoms with Crippen molar-refractivity contribution >= 4 is 24.3 Å². The topological polar surface area (TPSA) is 97.0 Å². The summed E-state index contributed by atoms with van der Waals surface area (Å²) in [5, 5.41) is 22.2. The van der Waals surface area contributed by atoms with Crippen molar-refractivity contribution in [1.29, 1.82) is 0 Å². The molecule has 2 N–H and O–H groups in total.